The van der Waals surface area contributed by atoms with Gasteiger partial charge in [0.2, 0.25) is 5.95 Å². The molecule has 0 bridgehead atoms. The first-order valence-corrected chi connectivity index (χ1v) is 9.60. The highest BCUT2D eigenvalue weighted by Gasteiger charge is 2.01. The van der Waals surface area contributed by atoms with Crippen LogP contribution in [0.15, 0.2) is 36.5 Å². The minimum absolute atomic E-state index is 0.722. The molecule has 0 aliphatic heterocycles. The van der Waals surface area contributed by atoms with Crippen molar-refractivity contribution in [2.75, 3.05) is 25.6 Å². The van der Waals surface area contributed by atoms with E-state index in [1.165, 1.54) is 31.2 Å². The van der Waals surface area contributed by atoms with Crippen molar-refractivity contribution in [2.24, 2.45) is 0 Å². The van der Waals surface area contributed by atoms with Crippen LogP contribution in [0.25, 0.3) is 0 Å². The maximum absolute atomic E-state index is 5.81. The van der Waals surface area contributed by atoms with E-state index in [1.807, 2.05) is 25.1 Å². The Morgan fingerprint density at radius 3 is 2.46 bits per heavy atom. The Morgan fingerprint density at radius 2 is 1.73 bits per heavy atom. The Morgan fingerprint density at radius 1 is 0.962 bits per heavy atom. The van der Waals surface area contributed by atoms with Crippen LogP contribution in [-0.4, -0.2) is 30.7 Å². The largest absolute Gasteiger partial charge is 0.494 e. The SMILES string of the molecule is CCCCCCCOc1ccc(CNCc2ccnc(N(C)C)n2)cc1. The van der Waals surface area contributed by atoms with E-state index in [2.05, 4.69) is 46.5 Å². The van der Waals surface area contributed by atoms with Crippen LogP contribution in [0.1, 0.15) is 50.3 Å². The highest BCUT2D eigenvalue weighted by Crippen LogP contribution is 2.13. The summed E-state index contributed by atoms with van der Waals surface area (Å²) in [4.78, 5) is 10.7. The molecule has 1 N–H and O–H groups in total. The summed E-state index contributed by atoms with van der Waals surface area (Å²) in [6, 6.07) is 10.3. The maximum Gasteiger partial charge on any atom is 0.225 e. The lowest BCUT2D eigenvalue weighted by Crippen LogP contribution is -2.17. The third-order valence-corrected chi connectivity index (χ3v) is 4.18. The predicted octanol–water partition coefficient (Wildman–Crippen LogP) is 4.18. The van der Waals surface area contributed by atoms with Crippen LogP contribution in [0.2, 0.25) is 0 Å². The minimum Gasteiger partial charge on any atom is -0.494 e. The van der Waals surface area contributed by atoms with E-state index in [0.29, 0.717) is 0 Å². The summed E-state index contributed by atoms with van der Waals surface area (Å²) in [5, 5.41) is 3.43. The van der Waals surface area contributed by atoms with Gasteiger partial charge in [0.25, 0.3) is 0 Å². The summed E-state index contributed by atoms with van der Waals surface area (Å²) in [6.45, 7) is 4.57. The van der Waals surface area contributed by atoms with Gasteiger partial charge in [0.05, 0.1) is 12.3 Å². The summed E-state index contributed by atoms with van der Waals surface area (Å²) in [6.07, 6.45) is 8.11. The van der Waals surface area contributed by atoms with Crippen molar-refractivity contribution in [3.05, 3.63) is 47.8 Å². The molecule has 0 radical (unpaired) electrons. The van der Waals surface area contributed by atoms with Gasteiger partial charge in [-0.25, -0.2) is 9.97 Å². The molecule has 5 nitrogen and oxygen atoms in total. The molecule has 0 aliphatic rings. The van der Waals surface area contributed by atoms with E-state index in [4.69, 9.17) is 4.74 Å². The molecule has 5 heteroatoms. The second-order valence-electron chi connectivity index (χ2n) is 6.75. The third-order valence-electron chi connectivity index (χ3n) is 4.18. The van der Waals surface area contributed by atoms with E-state index in [1.54, 1.807) is 6.20 Å². The lowest BCUT2D eigenvalue weighted by Gasteiger charge is -2.11. The monoisotopic (exact) mass is 356 g/mol. The minimum atomic E-state index is 0.722. The molecule has 26 heavy (non-hydrogen) atoms. The molecule has 142 valence electrons. The Hall–Kier alpha value is -2.14. The van der Waals surface area contributed by atoms with Crippen LogP contribution >= 0.6 is 0 Å². The Labute approximate surface area is 157 Å². The molecule has 2 aromatic rings. The highest BCUT2D eigenvalue weighted by molar-refractivity contribution is 5.28. The number of anilines is 1. The van der Waals surface area contributed by atoms with Crippen LogP contribution in [0, 0.1) is 0 Å². The van der Waals surface area contributed by atoms with Gasteiger partial charge in [-0.3, -0.25) is 0 Å². The molecule has 1 heterocycles. The molecule has 0 unspecified atom stereocenters. The number of nitrogens with zero attached hydrogens (tertiary/aromatic N) is 3. The molecule has 0 spiro atoms. The van der Waals surface area contributed by atoms with Gasteiger partial charge in [0, 0.05) is 33.4 Å². The highest BCUT2D eigenvalue weighted by atomic mass is 16.5. The van der Waals surface area contributed by atoms with Gasteiger partial charge < -0.3 is 15.0 Å². The predicted molar refractivity (Wildman–Crippen MR) is 108 cm³/mol. The topological polar surface area (TPSA) is 50.3 Å². The van der Waals surface area contributed by atoms with E-state index < -0.39 is 0 Å². The van der Waals surface area contributed by atoms with Gasteiger partial charge in [-0.05, 0) is 30.2 Å². The van der Waals surface area contributed by atoms with Crippen LogP contribution in [0.3, 0.4) is 0 Å². The fourth-order valence-corrected chi connectivity index (χ4v) is 2.63. The van der Waals surface area contributed by atoms with Crippen molar-refractivity contribution in [3.63, 3.8) is 0 Å². The number of hydrogen-bond donors (Lipinski definition) is 1. The van der Waals surface area contributed by atoms with E-state index in [-0.39, 0.29) is 0 Å². The molecule has 0 aliphatic carbocycles. The number of hydrogen-bond acceptors (Lipinski definition) is 5. The Bertz CT molecular complexity index is 628. The summed E-state index contributed by atoms with van der Waals surface area (Å²) < 4.78 is 5.81. The van der Waals surface area contributed by atoms with Crippen LogP contribution in [0.5, 0.6) is 5.75 Å². The molecule has 0 saturated heterocycles. The standard InChI is InChI=1S/C21H32N4O/c1-4-5-6-7-8-15-26-20-11-9-18(10-12-20)16-22-17-19-13-14-23-21(24-19)25(2)3/h9-14,22H,4-8,15-17H2,1-3H3. The lowest BCUT2D eigenvalue weighted by atomic mass is 10.2. The van der Waals surface area contributed by atoms with E-state index in [0.717, 1.165) is 43.5 Å². The van der Waals surface area contributed by atoms with Gasteiger partial charge in [0.1, 0.15) is 5.75 Å². The van der Waals surface area contributed by atoms with Crippen molar-refractivity contribution in [2.45, 2.75) is 52.1 Å². The van der Waals surface area contributed by atoms with Gasteiger partial charge in [-0.2, -0.15) is 0 Å². The van der Waals surface area contributed by atoms with Gasteiger partial charge in [-0.1, -0.05) is 44.7 Å². The van der Waals surface area contributed by atoms with Gasteiger partial charge in [0.15, 0.2) is 0 Å². The summed E-state index contributed by atoms with van der Waals surface area (Å²) in [5.74, 6) is 1.69. The smallest absolute Gasteiger partial charge is 0.225 e. The zero-order valence-corrected chi connectivity index (χ0v) is 16.4. The average Bonchev–Trinajstić information content (AvgIpc) is 2.66. The van der Waals surface area contributed by atoms with Crippen molar-refractivity contribution >= 4 is 5.95 Å². The molecule has 1 aromatic heterocycles. The second kappa shape index (κ2) is 11.5. The number of rotatable bonds is 12. The molecule has 0 amide bonds. The first-order valence-electron chi connectivity index (χ1n) is 9.60. The van der Waals surface area contributed by atoms with Crippen molar-refractivity contribution in [1.29, 1.82) is 0 Å². The number of unbranched alkanes of at least 4 members (excludes halogenated alkanes) is 4. The second-order valence-corrected chi connectivity index (χ2v) is 6.75. The van der Waals surface area contributed by atoms with Crippen molar-refractivity contribution in [3.8, 4) is 5.75 Å². The average molecular weight is 357 g/mol. The first-order chi connectivity index (χ1) is 12.7. The molecular formula is C21H32N4O. The Balaban J connectivity index is 1.68. The number of nitrogens with one attached hydrogen (secondary N) is 1. The summed E-state index contributed by atoms with van der Waals surface area (Å²) in [7, 11) is 3.89. The number of aromatic nitrogens is 2. The fraction of sp³-hybridized carbons (Fsp3) is 0.524. The first kappa shape index (κ1) is 20.2. The molecular weight excluding hydrogens is 324 g/mol. The lowest BCUT2D eigenvalue weighted by molar-refractivity contribution is 0.304. The molecule has 0 atom stereocenters. The Kier molecular flexibility index (Phi) is 8.90. The molecule has 0 fully saturated rings. The maximum atomic E-state index is 5.81. The third kappa shape index (κ3) is 7.40. The quantitative estimate of drug-likeness (QED) is 0.578. The van der Waals surface area contributed by atoms with Crippen molar-refractivity contribution < 1.29 is 4.74 Å². The van der Waals surface area contributed by atoms with Crippen molar-refractivity contribution in [1.82, 2.24) is 15.3 Å². The number of benzene rings is 1. The van der Waals surface area contributed by atoms with Gasteiger partial charge >= 0.3 is 0 Å². The zero-order chi connectivity index (χ0) is 18.6. The van der Waals surface area contributed by atoms with Gasteiger partial charge in [-0.15, -0.1) is 0 Å². The van der Waals surface area contributed by atoms with E-state index in [9.17, 15) is 0 Å². The van der Waals surface area contributed by atoms with Crippen LogP contribution < -0.4 is 15.0 Å². The summed E-state index contributed by atoms with van der Waals surface area (Å²) >= 11 is 0. The van der Waals surface area contributed by atoms with E-state index >= 15 is 0 Å². The molecule has 1 aromatic carbocycles. The molecule has 2 rings (SSSR count). The zero-order valence-electron chi connectivity index (χ0n) is 16.4. The number of ether oxygens (including phenoxy) is 1. The fourth-order valence-electron chi connectivity index (χ4n) is 2.63. The molecule has 0 saturated carbocycles. The van der Waals surface area contributed by atoms with Crippen LogP contribution in [-0.2, 0) is 13.1 Å². The van der Waals surface area contributed by atoms with Crippen LogP contribution in [0.4, 0.5) is 5.95 Å². The summed E-state index contributed by atoms with van der Waals surface area (Å²) in [5.41, 5.74) is 2.23. The normalized spacial score (nSPS) is 10.7.